The molecule has 44 heavy (non-hydrogen) atoms. The smallest absolute Gasteiger partial charge is 0.319 e. The van der Waals surface area contributed by atoms with E-state index in [2.05, 4.69) is 31.0 Å². The van der Waals surface area contributed by atoms with Gasteiger partial charge in [0.25, 0.3) is 0 Å². The molecule has 226 valence electrons. The van der Waals surface area contributed by atoms with E-state index >= 15 is 4.39 Å². The van der Waals surface area contributed by atoms with Crippen LogP contribution >= 0.6 is 0 Å². The van der Waals surface area contributed by atoms with E-state index < -0.39 is 23.3 Å². The number of hydrogen-bond donors (Lipinski definition) is 2. The molecule has 0 bridgehead atoms. The quantitative estimate of drug-likeness (QED) is 0.326. The number of phenols is 1. The Morgan fingerprint density at radius 1 is 1.14 bits per heavy atom. The van der Waals surface area contributed by atoms with Crippen molar-refractivity contribution in [1.82, 2.24) is 25.2 Å². The highest BCUT2D eigenvalue weighted by atomic mass is 19.1. The molecule has 4 aliphatic heterocycles. The van der Waals surface area contributed by atoms with Gasteiger partial charge < -0.3 is 20.1 Å². The lowest BCUT2D eigenvalue weighted by atomic mass is 9.95. The first-order valence-electron chi connectivity index (χ1n) is 15.1. The average Bonchev–Trinajstić information content (AvgIpc) is 3.77. The summed E-state index contributed by atoms with van der Waals surface area (Å²) < 4.78 is 52.1. The van der Waals surface area contributed by atoms with E-state index in [-0.39, 0.29) is 46.1 Å². The molecule has 0 radical (unpaired) electrons. The van der Waals surface area contributed by atoms with Gasteiger partial charge in [-0.25, -0.2) is 13.2 Å². The molecule has 6 heterocycles. The van der Waals surface area contributed by atoms with Gasteiger partial charge in [-0.2, -0.15) is 9.97 Å². The molecule has 4 fully saturated rings. The summed E-state index contributed by atoms with van der Waals surface area (Å²) in [5.41, 5.74) is -0.457. The first kappa shape index (κ1) is 27.4. The van der Waals surface area contributed by atoms with Crippen LogP contribution in [0.1, 0.15) is 24.8 Å². The van der Waals surface area contributed by atoms with Crippen molar-refractivity contribution in [2.75, 3.05) is 50.8 Å². The van der Waals surface area contributed by atoms with Crippen molar-refractivity contribution in [3.05, 3.63) is 47.7 Å². The minimum Gasteiger partial charge on any atom is -0.508 e. The maximum atomic E-state index is 16.7. The molecule has 2 N–H and O–H groups in total. The van der Waals surface area contributed by atoms with Crippen molar-refractivity contribution >= 4 is 27.5 Å². The summed E-state index contributed by atoms with van der Waals surface area (Å²) in [6.45, 7) is 4.72. The molecule has 11 heteroatoms. The highest BCUT2D eigenvalue weighted by Crippen LogP contribution is 2.42. The molecule has 4 saturated heterocycles. The zero-order valence-electron chi connectivity index (χ0n) is 24.0. The van der Waals surface area contributed by atoms with Gasteiger partial charge in [0.2, 0.25) is 0 Å². The summed E-state index contributed by atoms with van der Waals surface area (Å²) in [5.74, 6) is 2.26. The van der Waals surface area contributed by atoms with Crippen molar-refractivity contribution in [3.8, 4) is 35.4 Å². The van der Waals surface area contributed by atoms with E-state index in [1.807, 2.05) is 0 Å². The van der Waals surface area contributed by atoms with E-state index in [0.29, 0.717) is 41.4 Å². The van der Waals surface area contributed by atoms with Gasteiger partial charge in [0.15, 0.2) is 5.82 Å². The highest BCUT2D eigenvalue weighted by Gasteiger charge is 2.49. The Kier molecular flexibility index (Phi) is 6.36. The number of halogens is 3. The van der Waals surface area contributed by atoms with Gasteiger partial charge in [-0.15, -0.1) is 6.42 Å². The minimum absolute atomic E-state index is 0.00379. The standard InChI is InChI=1S/C33H31F3N6O2/c1-2-23-26(35)5-4-18-8-22(43)9-24(27(18)23)29-28(36)30-25(13-38-29)31(41-14-19-11-37-12-20(19)15-41)40-32(39-30)44-17-33-6-3-7-42(33)16-21(34)10-33/h1,4-5,8-9,13,19-21,37,43H,3,6-7,10-12,14-17H2/t19?,20?,21-,33+/m1/s1. The number of aromatic hydroxyl groups is 1. The van der Waals surface area contributed by atoms with Crippen LogP contribution in [-0.2, 0) is 0 Å². The third kappa shape index (κ3) is 4.26. The number of nitrogens with zero attached hydrogens (tertiary/aromatic N) is 5. The second kappa shape index (κ2) is 10.2. The van der Waals surface area contributed by atoms with Crippen LogP contribution in [0.3, 0.4) is 0 Å². The van der Waals surface area contributed by atoms with Crippen molar-refractivity contribution < 1.29 is 23.0 Å². The molecule has 0 aliphatic carbocycles. The van der Waals surface area contributed by atoms with E-state index in [1.165, 1.54) is 30.5 Å². The minimum atomic E-state index is -0.912. The van der Waals surface area contributed by atoms with E-state index in [4.69, 9.17) is 16.1 Å². The normalized spacial score (nSPS) is 26.4. The van der Waals surface area contributed by atoms with Crippen LogP contribution in [0, 0.1) is 35.8 Å². The Balaban J connectivity index is 1.27. The lowest BCUT2D eigenvalue weighted by Crippen LogP contribution is -2.43. The second-order valence-corrected chi connectivity index (χ2v) is 12.6. The molecule has 2 unspecified atom stereocenters. The number of hydrogen-bond acceptors (Lipinski definition) is 8. The molecular weight excluding hydrogens is 569 g/mol. The van der Waals surface area contributed by atoms with Gasteiger partial charge >= 0.3 is 6.01 Å². The predicted molar refractivity (Wildman–Crippen MR) is 160 cm³/mol. The summed E-state index contributed by atoms with van der Waals surface area (Å²) in [5, 5.41) is 15.1. The second-order valence-electron chi connectivity index (χ2n) is 12.6. The lowest BCUT2D eigenvalue weighted by molar-refractivity contribution is 0.107. The van der Waals surface area contributed by atoms with Crippen LogP contribution in [-0.4, -0.2) is 82.5 Å². The Morgan fingerprint density at radius 2 is 1.95 bits per heavy atom. The summed E-state index contributed by atoms with van der Waals surface area (Å²) in [4.78, 5) is 18.1. The number of benzene rings is 2. The number of rotatable bonds is 5. The third-order valence-corrected chi connectivity index (χ3v) is 10.0. The zero-order chi connectivity index (χ0) is 30.2. The van der Waals surface area contributed by atoms with Crippen LogP contribution < -0.4 is 15.0 Å². The Hall–Kier alpha value is -4.14. The molecule has 4 atom stereocenters. The maximum absolute atomic E-state index is 16.7. The maximum Gasteiger partial charge on any atom is 0.319 e. The van der Waals surface area contributed by atoms with Gasteiger partial charge in [0.05, 0.1) is 16.5 Å². The summed E-state index contributed by atoms with van der Waals surface area (Å²) >= 11 is 0. The fraction of sp³-hybridized carbons (Fsp3) is 0.424. The summed E-state index contributed by atoms with van der Waals surface area (Å²) in [7, 11) is 0. The number of fused-ring (bicyclic) bond motifs is 4. The van der Waals surface area contributed by atoms with Crippen molar-refractivity contribution in [1.29, 1.82) is 0 Å². The molecule has 8 nitrogen and oxygen atoms in total. The van der Waals surface area contributed by atoms with Crippen LogP contribution in [0.4, 0.5) is 19.0 Å². The molecule has 4 aliphatic rings. The molecule has 2 aromatic heterocycles. The number of alkyl halides is 1. The van der Waals surface area contributed by atoms with Gasteiger partial charge in [-0.1, -0.05) is 12.0 Å². The number of anilines is 1. The Bertz CT molecular complexity index is 1850. The first-order chi connectivity index (χ1) is 21.3. The topological polar surface area (TPSA) is 86.6 Å². The van der Waals surface area contributed by atoms with E-state index in [1.54, 1.807) is 0 Å². The Labute approximate surface area is 252 Å². The number of pyridine rings is 1. The van der Waals surface area contributed by atoms with Crippen LogP contribution in [0.25, 0.3) is 32.9 Å². The number of aromatic nitrogens is 3. The summed E-state index contributed by atoms with van der Waals surface area (Å²) in [6.07, 6.45) is 8.44. The van der Waals surface area contributed by atoms with Crippen LogP contribution in [0.2, 0.25) is 0 Å². The van der Waals surface area contributed by atoms with Crippen LogP contribution in [0.5, 0.6) is 11.8 Å². The lowest BCUT2D eigenvalue weighted by Gasteiger charge is -2.31. The zero-order valence-corrected chi connectivity index (χ0v) is 24.0. The number of terminal acetylenes is 1. The fourth-order valence-corrected chi connectivity index (χ4v) is 7.94. The third-order valence-electron chi connectivity index (χ3n) is 10.0. The SMILES string of the molecule is C#Cc1c(F)ccc2cc(O)cc(-c3ncc4c(N5CC6CNCC6C5)nc(OC[C@@]56CCCN5C[C@H](F)C6)nc4c3F)c12. The average molecular weight is 601 g/mol. The molecule has 0 spiro atoms. The fourth-order valence-electron chi connectivity index (χ4n) is 7.94. The van der Waals surface area contributed by atoms with Crippen molar-refractivity contribution in [3.63, 3.8) is 0 Å². The number of phenolic OH excluding ortho intramolecular Hbond substituents is 1. The molecule has 4 aromatic rings. The first-order valence-corrected chi connectivity index (χ1v) is 15.1. The van der Waals surface area contributed by atoms with Crippen molar-refractivity contribution in [2.24, 2.45) is 11.8 Å². The number of ether oxygens (including phenoxy) is 1. The van der Waals surface area contributed by atoms with Gasteiger partial charge in [0, 0.05) is 56.3 Å². The van der Waals surface area contributed by atoms with Crippen molar-refractivity contribution in [2.45, 2.75) is 31.0 Å². The largest absolute Gasteiger partial charge is 0.508 e. The van der Waals surface area contributed by atoms with Gasteiger partial charge in [0.1, 0.15) is 41.4 Å². The van der Waals surface area contributed by atoms with E-state index in [9.17, 15) is 13.9 Å². The van der Waals surface area contributed by atoms with Crippen LogP contribution in [0.15, 0.2) is 30.5 Å². The monoisotopic (exact) mass is 600 g/mol. The molecular formula is C33H31F3N6O2. The molecule has 0 saturated carbocycles. The van der Waals surface area contributed by atoms with E-state index in [0.717, 1.165) is 45.6 Å². The molecule has 0 amide bonds. The van der Waals surface area contributed by atoms with Gasteiger partial charge in [-0.05, 0) is 54.8 Å². The summed E-state index contributed by atoms with van der Waals surface area (Å²) in [6, 6.07) is 5.49. The van der Waals surface area contributed by atoms with Gasteiger partial charge in [-0.3, -0.25) is 9.88 Å². The molecule has 8 rings (SSSR count). The highest BCUT2D eigenvalue weighted by molar-refractivity contribution is 6.03. The number of nitrogens with one attached hydrogen (secondary N) is 1. The predicted octanol–water partition coefficient (Wildman–Crippen LogP) is 4.42. The molecule has 2 aromatic carbocycles. The Morgan fingerprint density at radius 3 is 2.75 bits per heavy atom.